The first-order valence-electron chi connectivity index (χ1n) is 11.4. The van der Waals surface area contributed by atoms with Crippen molar-refractivity contribution in [1.29, 1.82) is 0 Å². The summed E-state index contributed by atoms with van der Waals surface area (Å²) in [5.41, 5.74) is 2.98. The SMILES string of the molecule is CCCCc1nc2cnc3ccc(OCCCCC(=O)N4CCOCC4)cc3c2n1C. The van der Waals surface area contributed by atoms with Crippen LogP contribution in [0.4, 0.5) is 0 Å². The van der Waals surface area contributed by atoms with E-state index < -0.39 is 0 Å². The number of rotatable bonds is 9. The number of carbonyl (C=O) groups is 1. The Bertz CT molecular complexity index is 1040. The molecule has 1 fully saturated rings. The normalized spacial score (nSPS) is 14.5. The van der Waals surface area contributed by atoms with Crippen molar-refractivity contribution in [3.8, 4) is 5.75 Å². The van der Waals surface area contributed by atoms with Crippen molar-refractivity contribution in [3.63, 3.8) is 0 Å². The minimum atomic E-state index is 0.220. The Balaban J connectivity index is 1.37. The molecule has 0 atom stereocenters. The van der Waals surface area contributed by atoms with Crippen LogP contribution >= 0.6 is 0 Å². The maximum Gasteiger partial charge on any atom is 0.222 e. The number of benzene rings is 1. The molecule has 0 spiro atoms. The van der Waals surface area contributed by atoms with E-state index in [0.717, 1.165) is 65.6 Å². The van der Waals surface area contributed by atoms with E-state index in [-0.39, 0.29) is 5.91 Å². The number of hydrogen-bond acceptors (Lipinski definition) is 5. The second kappa shape index (κ2) is 10.1. The number of amides is 1. The van der Waals surface area contributed by atoms with Gasteiger partial charge < -0.3 is 18.9 Å². The highest BCUT2D eigenvalue weighted by Gasteiger charge is 2.16. The van der Waals surface area contributed by atoms with Gasteiger partial charge in [-0.25, -0.2) is 4.98 Å². The van der Waals surface area contributed by atoms with E-state index >= 15 is 0 Å². The van der Waals surface area contributed by atoms with Crippen molar-refractivity contribution < 1.29 is 14.3 Å². The molecule has 7 nitrogen and oxygen atoms in total. The van der Waals surface area contributed by atoms with Crippen LogP contribution in [0.2, 0.25) is 0 Å². The van der Waals surface area contributed by atoms with Crippen LogP contribution in [0.25, 0.3) is 21.9 Å². The van der Waals surface area contributed by atoms with Gasteiger partial charge in [0, 0.05) is 38.4 Å². The van der Waals surface area contributed by atoms with Crippen LogP contribution in [0, 0.1) is 0 Å². The lowest BCUT2D eigenvalue weighted by Gasteiger charge is -2.26. The van der Waals surface area contributed by atoms with Crippen molar-refractivity contribution >= 4 is 27.8 Å². The van der Waals surface area contributed by atoms with Gasteiger partial charge in [-0.05, 0) is 37.5 Å². The molecule has 31 heavy (non-hydrogen) atoms. The number of imidazole rings is 1. The zero-order valence-electron chi connectivity index (χ0n) is 18.6. The number of fused-ring (bicyclic) bond motifs is 3. The molecule has 0 bridgehead atoms. The first kappa shape index (κ1) is 21.6. The van der Waals surface area contributed by atoms with Gasteiger partial charge in [-0.1, -0.05) is 13.3 Å². The summed E-state index contributed by atoms with van der Waals surface area (Å²) in [6.07, 6.45) is 7.37. The third kappa shape index (κ3) is 4.98. The van der Waals surface area contributed by atoms with Crippen LogP contribution in [0.1, 0.15) is 44.9 Å². The van der Waals surface area contributed by atoms with Crippen LogP contribution in [0.5, 0.6) is 5.75 Å². The predicted octanol–water partition coefficient (Wildman–Crippen LogP) is 3.87. The van der Waals surface area contributed by atoms with Gasteiger partial charge in [-0.2, -0.15) is 0 Å². The van der Waals surface area contributed by atoms with Gasteiger partial charge in [0.05, 0.1) is 37.1 Å². The highest BCUT2D eigenvalue weighted by Crippen LogP contribution is 2.28. The molecular formula is C24H32N4O3. The van der Waals surface area contributed by atoms with E-state index in [0.29, 0.717) is 39.3 Å². The highest BCUT2D eigenvalue weighted by molar-refractivity contribution is 6.02. The monoisotopic (exact) mass is 424 g/mol. The first-order chi connectivity index (χ1) is 15.2. The largest absolute Gasteiger partial charge is 0.494 e. The molecular weight excluding hydrogens is 392 g/mol. The summed E-state index contributed by atoms with van der Waals surface area (Å²) in [7, 11) is 2.08. The quantitative estimate of drug-likeness (QED) is 0.488. The number of morpholine rings is 1. The Labute approximate surface area is 183 Å². The minimum absolute atomic E-state index is 0.220. The molecule has 0 saturated carbocycles. The fourth-order valence-corrected chi connectivity index (χ4v) is 4.11. The van der Waals surface area contributed by atoms with Gasteiger partial charge in [-0.3, -0.25) is 9.78 Å². The summed E-state index contributed by atoms with van der Waals surface area (Å²) in [5, 5.41) is 1.07. The summed E-state index contributed by atoms with van der Waals surface area (Å²) in [5.74, 6) is 2.15. The second-order valence-corrected chi connectivity index (χ2v) is 8.16. The van der Waals surface area contributed by atoms with Crippen LogP contribution in [0.3, 0.4) is 0 Å². The average Bonchev–Trinajstić information content (AvgIpc) is 3.13. The fourth-order valence-electron chi connectivity index (χ4n) is 4.11. The summed E-state index contributed by atoms with van der Waals surface area (Å²) >= 11 is 0. The van der Waals surface area contributed by atoms with Crippen molar-refractivity contribution in [2.24, 2.45) is 7.05 Å². The van der Waals surface area contributed by atoms with E-state index in [9.17, 15) is 4.79 Å². The molecule has 0 N–H and O–H groups in total. The Morgan fingerprint density at radius 1 is 1.16 bits per heavy atom. The van der Waals surface area contributed by atoms with Gasteiger partial charge in [0.2, 0.25) is 5.91 Å². The lowest BCUT2D eigenvalue weighted by molar-refractivity contribution is -0.135. The summed E-state index contributed by atoms with van der Waals surface area (Å²) in [6, 6.07) is 6.04. The lowest BCUT2D eigenvalue weighted by Crippen LogP contribution is -2.40. The third-order valence-corrected chi connectivity index (χ3v) is 5.94. The molecule has 3 aromatic rings. The summed E-state index contributed by atoms with van der Waals surface area (Å²) in [6.45, 7) is 5.51. The number of hydrogen-bond donors (Lipinski definition) is 0. The first-order valence-corrected chi connectivity index (χ1v) is 11.4. The van der Waals surface area contributed by atoms with Crippen molar-refractivity contribution in [2.75, 3.05) is 32.9 Å². The van der Waals surface area contributed by atoms with E-state index in [1.807, 2.05) is 23.2 Å². The molecule has 1 saturated heterocycles. The number of aryl methyl sites for hydroxylation is 2. The Morgan fingerprint density at radius 2 is 2.00 bits per heavy atom. The molecule has 1 aliphatic rings. The zero-order valence-corrected chi connectivity index (χ0v) is 18.6. The molecule has 0 radical (unpaired) electrons. The number of unbranched alkanes of at least 4 members (excludes halogenated alkanes) is 2. The second-order valence-electron chi connectivity index (χ2n) is 8.16. The number of nitrogens with zero attached hydrogens (tertiary/aromatic N) is 4. The van der Waals surface area contributed by atoms with Crippen molar-refractivity contribution in [2.45, 2.75) is 45.4 Å². The number of pyridine rings is 1. The predicted molar refractivity (Wildman–Crippen MR) is 121 cm³/mol. The maximum atomic E-state index is 12.2. The van der Waals surface area contributed by atoms with Gasteiger partial charge in [0.15, 0.2) is 0 Å². The van der Waals surface area contributed by atoms with E-state index in [1.54, 1.807) is 0 Å². The molecule has 166 valence electrons. The highest BCUT2D eigenvalue weighted by atomic mass is 16.5. The van der Waals surface area contributed by atoms with E-state index in [2.05, 4.69) is 29.6 Å². The third-order valence-electron chi connectivity index (χ3n) is 5.94. The fraction of sp³-hybridized carbons (Fsp3) is 0.542. The van der Waals surface area contributed by atoms with Crippen LogP contribution in [-0.4, -0.2) is 58.3 Å². The maximum absolute atomic E-state index is 12.2. The van der Waals surface area contributed by atoms with Gasteiger partial charge in [0.1, 0.15) is 17.1 Å². The smallest absolute Gasteiger partial charge is 0.222 e. The summed E-state index contributed by atoms with van der Waals surface area (Å²) in [4.78, 5) is 23.5. The van der Waals surface area contributed by atoms with E-state index in [1.165, 1.54) is 0 Å². The topological polar surface area (TPSA) is 69.5 Å². The minimum Gasteiger partial charge on any atom is -0.494 e. The molecule has 7 heteroatoms. The number of carbonyl (C=O) groups excluding carboxylic acids is 1. The Morgan fingerprint density at radius 3 is 2.81 bits per heavy atom. The molecule has 4 rings (SSSR count). The van der Waals surface area contributed by atoms with Crippen molar-refractivity contribution in [3.05, 3.63) is 30.2 Å². The molecule has 1 aromatic carbocycles. The summed E-state index contributed by atoms with van der Waals surface area (Å²) < 4.78 is 13.5. The molecule has 1 amide bonds. The van der Waals surface area contributed by atoms with Crippen LogP contribution in [-0.2, 0) is 23.0 Å². The lowest BCUT2D eigenvalue weighted by atomic mass is 10.2. The van der Waals surface area contributed by atoms with Gasteiger partial charge in [0.25, 0.3) is 0 Å². The Hall–Kier alpha value is -2.67. The number of aromatic nitrogens is 3. The zero-order chi connectivity index (χ0) is 21.6. The van der Waals surface area contributed by atoms with Crippen LogP contribution < -0.4 is 4.74 Å². The molecule has 1 aliphatic heterocycles. The molecule has 0 unspecified atom stereocenters. The van der Waals surface area contributed by atoms with Crippen LogP contribution in [0.15, 0.2) is 24.4 Å². The van der Waals surface area contributed by atoms with E-state index in [4.69, 9.17) is 14.5 Å². The Kier molecular flexibility index (Phi) is 7.02. The molecule has 0 aliphatic carbocycles. The van der Waals surface area contributed by atoms with Crippen molar-refractivity contribution in [1.82, 2.24) is 19.4 Å². The van der Waals surface area contributed by atoms with Gasteiger partial charge in [-0.15, -0.1) is 0 Å². The molecule has 2 aromatic heterocycles. The molecule has 3 heterocycles. The standard InChI is InChI=1S/C24H32N4O3/c1-3-4-7-22-26-21-17-25-20-10-9-18(16-19(20)24(21)27(22)2)31-13-6-5-8-23(29)28-11-14-30-15-12-28/h9-10,16-17H,3-8,11-15H2,1-2H3. The number of ether oxygens (including phenoxy) is 2. The van der Waals surface area contributed by atoms with Gasteiger partial charge >= 0.3 is 0 Å². The average molecular weight is 425 g/mol.